The summed E-state index contributed by atoms with van der Waals surface area (Å²) in [6.07, 6.45) is -0.592. The van der Waals surface area contributed by atoms with Gasteiger partial charge in [-0.25, -0.2) is 14.4 Å². The normalized spacial score (nSPS) is 10.9. The Balaban J connectivity index is 2.56. The quantitative estimate of drug-likeness (QED) is 0.267. The van der Waals surface area contributed by atoms with E-state index in [0.717, 1.165) is 11.6 Å². The number of rotatable bonds is 11. The summed E-state index contributed by atoms with van der Waals surface area (Å²) in [7, 11) is 0. The zero-order chi connectivity index (χ0) is 20.9. The molecule has 0 aromatic heterocycles. The molecule has 0 heterocycles. The van der Waals surface area contributed by atoms with E-state index >= 15 is 0 Å². The zero-order valence-electron chi connectivity index (χ0n) is 16.1. The maximum absolute atomic E-state index is 11.9. The van der Waals surface area contributed by atoms with E-state index in [1.165, 1.54) is 6.92 Å². The Hall–Kier alpha value is -3.29. The van der Waals surface area contributed by atoms with Crippen LogP contribution in [0, 0.1) is 6.92 Å². The van der Waals surface area contributed by atoms with Crippen LogP contribution in [0.5, 0.6) is 5.75 Å². The second kappa shape index (κ2) is 12.2. The number of amides is 1. The van der Waals surface area contributed by atoms with Crippen molar-refractivity contribution < 1.29 is 33.3 Å². The Kier molecular flexibility index (Phi) is 9.88. The molecule has 0 saturated carbocycles. The number of carbonyl (C=O) groups excluding carboxylic acids is 3. The van der Waals surface area contributed by atoms with Gasteiger partial charge in [-0.05, 0) is 25.5 Å². The Morgan fingerprint density at radius 1 is 1.18 bits per heavy atom. The van der Waals surface area contributed by atoms with Crippen molar-refractivity contribution >= 4 is 18.0 Å². The van der Waals surface area contributed by atoms with Crippen molar-refractivity contribution in [3.05, 3.63) is 54.6 Å². The first-order valence-electron chi connectivity index (χ1n) is 8.58. The Bertz CT molecular complexity index is 714. The lowest BCUT2D eigenvalue weighted by Gasteiger charge is -2.19. The van der Waals surface area contributed by atoms with Crippen molar-refractivity contribution in [2.75, 3.05) is 26.4 Å². The minimum absolute atomic E-state index is 0.0206. The van der Waals surface area contributed by atoms with Gasteiger partial charge in [0.15, 0.2) is 6.10 Å². The standard InChI is InChI=1S/C20H25NO7/c1-5-18(22)25-11-10-21-20(24)28-16(13-27-19(23)14(2)3)12-26-17-9-7-6-8-15(17)4/h5-9,16H,1-2,10-13H2,3-4H3,(H,21,24). The number of hydrogen-bond acceptors (Lipinski definition) is 7. The lowest BCUT2D eigenvalue weighted by Crippen LogP contribution is -2.37. The van der Waals surface area contributed by atoms with E-state index in [2.05, 4.69) is 18.5 Å². The van der Waals surface area contributed by atoms with Gasteiger partial charge in [0, 0.05) is 11.6 Å². The summed E-state index contributed by atoms with van der Waals surface area (Å²) in [5, 5.41) is 2.43. The highest BCUT2D eigenvalue weighted by molar-refractivity contribution is 5.86. The second-order valence-corrected chi connectivity index (χ2v) is 5.78. The van der Waals surface area contributed by atoms with E-state index in [1.54, 1.807) is 6.07 Å². The van der Waals surface area contributed by atoms with Crippen molar-refractivity contribution in [3.63, 3.8) is 0 Å². The van der Waals surface area contributed by atoms with Crippen molar-refractivity contribution in [2.45, 2.75) is 20.0 Å². The molecule has 0 aliphatic heterocycles. The van der Waals surface area contributed by atoms with Gasteiger partial charge in [0.25, 0.3) is 0 Å². The maximum Gasteiger partial charge on any atom is 0.407 e. The fraction of sp³-hybridized carbons (Fsp3) is 0.350. The van der Waals surface area contributed by atoms with E-state index in [4.69, 9.17) is 18.9 Å². The van der Waals surface area contributed by atoms with Crippen LogP contribution >= 0.6 is 0 Å². The Morgan fingerprint density at radius 2 is 1.89 bits per heavy atom. The van der Waals surface area contributed by atoms with E-state index in [1.807, 2.05) is 25.1 Å². The molecule has 1 atom stereocenters. The third-order valence-corrected chi connectivity index (χ3v) is 3.32. The van der Waals surface area contributed by atoms with Crippen LogP contribution in [0.25, 0.3) is 0 Å². The fourth-order valence-electron chi connectivity index (χ4n) is 1.87. The molecule has 152 valence electrons. The second-order valence-electron chi connectivity index (χ2n) is 5.78. The molecule has 1 unspecified atom stereocenters. The van der Waals surface area contributed by atoms with Crippen LogP contribution in [0.4, 0.5) is 4.79 Å². The largest absolute Gasteiger partial charge is 0.489 e. The van der Waals surface area contributed by atoms with Gasteiger partial charge in [0.05, 0.1) is 6.54 Å². The van der Waals surface area contributed by atoms with Gasteiger partial charge in [-0.3, -0.25) is 0 Å². The average molecular weight is 391 g/mol. The third-order valence-electron chi connectivity index (χ3n) is 3.32. The number of carbonyl (C=O) groups is 3. The fourth-order valence-corrected chi connectivity index (χ4v) is 1.87. The number of alkyl carbamates (subject to hydrolysis) is 1. The van der Waals surface area contributed by atoms with Crippen LogP contribution in [0.1, 0.15) is 12.5 Å². The Morgan fingerprint density at radius 3 is 2.54 bits per heavy atom. The van der Waals surface area contributed by atoms with Gasteiger partial charge in [0.2, 0.25) is 0 Å². The summed E-state index contributed by atoms with van der Waals surface area (Å²) >= 11 is 0. The predicted molar refractivity (Wildman–Crippen MR) is 102 cm³/mol. The molecule has 0 spiro atoms. The highest BCUT2D eigenvalue weighted by Crippen LogP contribution is 2.16. The summed E-state index contributed by atoms with van der Waals surface area (Å²) < 4.78 is 20.7. The molecule has 0 bridgehead atoms. The molecule has 8 heteroatoms. The van der Waals surface area contributed by atoms with Crippen molar-refractivity contribution in [1.82, 2.24) is 5.32 Å². The maximum atomic E-state index is 11.9. The number of esters is 2. The molecule has 0 aliphatic rings. The number of nitrogens with one attached hydrogen (secondary N) is 1. The van der Waals surface area contributed by atoms with Crippen LogP contribution in [-0.4, -0.2) is 50.5 Å². The number of para-hydroxylation sites is 1. The smallest absolute Gasteiger partial charge is 0.407 e. The van der Waals surface area contributed by atoms with Gasteiger partial charge >= 0.3 is 18.0 Å². The van der Waals surface area contributed by atoms with Gasteiger partial charge in [-0.1, -0.05) is 31.4 Å². The number of benzene rings is 1. The summed E-state index contributed by atoms with van der Waals surface area (Å²) in [5.41, 5.74) is 1.14. The molecular formula is C20H25NO7. The predicted octanol–water partition coefficient (Wildman–Crippen LogP) is 2.32. The third kappa shape index (κ3) is 8.88. The minimum Gasteiger partial charge on any atom is -0.489 e. The number of hydrogen-bond donors (Lipinski definition) is 1. The zero-order valence-corrected chi connectivity index (χ0v) is 16.1. The average Bonchev–Trinajstić information content (AvgIpc) is 2.67. The van der Waals surface area contributed by atoms with Crippen LogP contribution in [0.2, 0.25) is 0 Å². The molecule has 28 heavy (non-hydrogen) atoms. The van der Waals surface area contributed by atoms with Gasteiger partial charge in [-0.15, -0.1) is 0 Å². The molecule has 1 N–H and O–H groups in total. The van der Waals surface area contributed by atoms with Crippen molar-refractivity contribution in [3.8, 4) is 5.75 Å². The van der Waals surface area contributed by atoms with Crippen LogP contribution in [0.15, 0.2) is 49.1 Å². The van der Waals surface area contributed by atoms with E-state index < -0.39 is 24.1 Å². The van der Waals surface area contributed by atoms with E-state index in [0.29, 0.717) is 5.75 Å². The van der Waals surface area contributed by atoms with Gasteiger partial charge in [0.1, 0.15) is 25.6 Å². The highest BCUT2D eigenvalue weighted by Gasteiger charge is 2.19. The molecule has 0 fully saturated rings. The SMILES string of the molecule is C=CC(=O)OCCNC(=O)OC(COC(=O)C(=C)C)COc1ccccc1C. The molecule has 0 radical (unpaired) electrons. The monoisotopic (exact) mass is 391 g/mol. The summed E-state index contributed by atoms with van der Waals surface area (Å²) in [6.45, 7) is 9.95. The number of ether oxygens (including phenoxy) is 4. The summed E-state index contributed by atoms with van der Waals surface area (Å²) in [4.78, 5) is 34.4. The summed E-state index contributed by atoms with van der Waals surface area (Å²) in [5.74, 6) is -0.563. The molecule has 1 amide bonds. The topological polar surface area (TPSA) is 100 Å². The first kappa shape index (κ1) is 22.8. The van der Waals surface area contributed by atoms with Crippen molar-refractivity contribution in [2.24, 2.45) is 0 Å². The first-order chi connectivity index (χ1) is 13.3. The molecule has 0 saturated heterocycles. The van der Waals surface area contributed by atoms with E-state index in [9.17, 15) is 14.4 Å². The number of aryl methyl sites for hydroxylation is 1. The molecule has 0 aliphatic carbocycles. The molecule has 1 aromatic carbocycles. The van der Waals surface area contributed by atoms with Crippen molar-refractivity contribution in [1.29, 1.82) is 0 Å². The molecule has 1 rings (SSSR count). The van der Waals surface area contributed by atoms with E-state index in [-0.39, 0.29) is 31.9 Å². The first-order valence-corrected chi connectivity index (χ1v) is 8.58. The van der Waals surface area contributed by atoms with Gasteiger partial charge in [-0.2, -0.15) is 0 Å². The summed E-state index contributed by atoms with van der Waals surface area (Å²) in [6, 6.07) is 7.35. The van der Waals surface area contributed by atoms with Gasteiger partial charge < -0.3 is 24.3 Å². The molecule has 8 nitrogen and oxygen atoms in total. The minimum atomic E-state index is -0.848. The van der Waals surface area contributed by atoms with Crippen LogP contribution in [0.3, 0.4) is 0 Å². The Labute approximate surface area is 164 Å². The van der Waals surface area contributed by atoms with Crippen LogP contribution < -0.4 is 10.1 Å². The lowest BCUT2D eigenvalue weighted by molar-refractivity contribution is -0.142. The molecule has 1 aromatic rings. The highest BCUT2D eigenvalue weighted by atomic mass is 16.6. The lowest BCUT2D eigenvalue weighted by atomic mass is 10.2. The van der Waals surface area contributed by atoms with Crippen LogP contribution in [-0.2, 0) is 23.8 Å². The molecular weight excluding hydrogens is 366 g/mol.